The quantitative estimate of drug-likeness (QED) is 0.361. The van der Waals surface area contributed by atoms with Crippen LogP contribution in [0.15, 0.2) is 72.8 Å². The SMILES string of the molecule is Cc1c(C)n(Cc2ccccc2)c2ccc(C(=O)N3CCN(Cc4cccc(Cl)c4)CC3)cc12. The molecule has 0 saturated carbocycles. The summed E-state index contributed by atoms with van der Waals surface area (Å²) in [6, 6.07) is 24.7. The van der Waals surface area contributed by atoms with Gasteiger partial charge in [-0.25, -0.2) is 0 Å². The van der Waals surface area contributed by atoms with Crippen molar-refractivity contribution in [2.24, 2.45) is 0 Å². The molecule has 1 saturated heterocycles. The number of benzene rings is 3. The molecule has 0 atom stereocenters. The van der Waals surface area contributed by atoms with Gasteiger partial charge in [0.1, 0.15) is 0 Å². The first-order valence-electron chi connectivity index (χ1n) is 11.9. The molecule has 1 fully saturated rings. The maximum absolute atomic E-state index is 13.3. The lowest BCUT2D eigenvalue weighted by Gasteiger charge is -2.34. The van der Waals surface area contributed by atoms with Crippen molar-refractivity contribution in [3.63, 3.8) is 0 Å². The molecular weight excluding hydrogens is 442 g/mol. The molecule has 4 nitrogen and oxygen atoms in total. The average Bonchev–Trinajstić information content (AvgIpc) is 3.09. The number of aromatic nitrogens is 1. The number of rotatable bonds is 5. The predicted octanol–water partition coefficient (Wildman–Crippen LogP) is 5.92. The molecule has 5 rings (SSSR count). The zero-order chi connectivity index (χ0) is 23.7. The van der Waals surface area contributed by atoms with Gasteiger partial charge in [-0.2, -0.15) is 0 Å². The van der Waals surface area contributed by atoms with Gasteiger partial charge in [0.25, 0.3) is 5.91 Å². The summed E-state index contributed by atoms with van der Waals surface area (Å²) in [6.45, 7) is 9.23. The average molecular weight is 472 g/mol. The van der Waals surface area contributed by atoms with Crippen LogP contribution in [-0.4, -0.2) is 46.5 Å². The second-order valence-corrected chi connectivity index (χ2v) is 9.65. The van der Waals surface area contributed by atoms with Crippen LogP contribution in [0.3, 0.4) is 0 Å². The van der Waals surface area contributed by atoms with Crippen LogP contribution < -0.4 is 0 Å². The minimum atomic E-state index is 0.122. The first-order valence-corrected chi connectivity index (χ1v) is 12.3. The van der Waals surface area contributed by atoms with E-state index in [2.05, 4.69) is 65.8 Å². The highest BCUT2D eigenvalue weighted by molar-refractivity contribution is 6.30. The first kappa shape index (κ1) is 22.7. The standard InChI is InChI=1S/C29H30ClN3O/c1-21-22(2)33(20-23-7-4-3-5-8-23)28-12-11-25(18-27(21)28)29(34)32-15-13-31(14-16-32)19-24-9-6-10-26(30)17-24/h3-12,17-18H,13-16,19-20H2,1-2H3. The number of carbonyl (C=O) groups is 1. The highest BCUT2D eigenvalue weighted by Crippen LogP contribution is 2.28. The van der Waals surface area contributed by atoms with Crippen molar-refractivity contribution >= 4 is 28.4 Å². The third-order valence-corrected chi connectivity index (χ3v) is 7.26. The van der Waals surface area contributed by atoms with E-state index in [0.717, 1.165) is 49.9 Å². The van der Waals surface area contributed by atoms with Crippen LogP contribution in [0.25, 0.3) is 10.9 Å². The summed E-state index contributed by atoms with van der Waals surface area (Å²) < 4.78 is 2.35. The van der Waals surface area contributed by atoms with Crippen LogP contribution >= 0.6 is 11.6 Å². The van der Waals surface area contributed by atoms with Gasteiger partial charge in [0.15, 0.2) is 0 Å². The summed E-state index contributed by atoms with van der Waals surface area (Å²) in [6.07, 6.45) is 0. The fraction of sp³-hybridized carbons (Fsp3) is 0.276. The van der Waals surface area contributed by atoms with Gasteiger partial charge in [-0.1, -0.05) is 54.1 Å². The molecule has 0 spiro atoms. The second-order valence-electron chi connectivity index (χ2n) is 9.21. The van der Waals surface area contributed by atoms with Gasteiger partial charge >= 0.3 is 0 Å². The highest BCUT2D eigenvalue weighted by Gasteiger charge is 2.23. The Bertz CT molecular complexity index is 1320. The van der Waals surface area contributed by atoms with E-state index >= 15 is 0 Å². The summed E-state index contributed by atoms with van der Waals surface area (Å²) in [5, 5.41) is 1.93. The molecule has 34 heavy (non-hydrogen) atoms. The fourth-order valence-corrected chi connectivity index (χ4v) is 5.15. The maximum Gasteiger partial charge on any atom is 0.253 e. The first-order chi connectivity index (χ1) is 16.5. The topological polar surface area (TPSA) is 28.5 Å². The van der Waals surface area contributed by atoms with Crippen LogP contribution in [0.5, 0.6) is 0 Å². The zero-order valence-corrected chi connectivity index (χ0v) is 20.6. The van der Waals surface area contributed by atoms with E-state index in [1.807, 2.05) is 35.2 Å². The van der Waals surface area contributed by atoms with Gasteiger partial charge < -0.3 is 9.47 Å². The molecule has 0 aliphatic carbocycles. The fourth-order valence-electron chi connectivity index (χ4n) is 4.94. The van der Waals surface area contributed by atoms with Crippen LogP contribution in [0.1, 0.15) is 32.7 Å². The van der Waals surface area contributed by atoms with E-state index in [0.29, 0.717) is 0 Å². The van der Waals surface area contributed by atoms with Crippen molar-refractivity contribution in [1.82, 2.24) is 14.4 Å². The molecule has 0 unspecified atom stereocenters. The van der Waals surface area contributed by atoms with Crippen LogP contribution in [0.4, 0.5) is 0 Å². The Morgan fingerprint density at radius 1 is 0.824 bits per heavy atom. The Morgan fingerprint density at radius 3 is 2.29 bits per heavy atom. The lowest BCUT2D eigenvalue weighted by molar-refractivity contribution is 0.0628. The van der Waals surface area contributed by atoms with Crippen LogP contribution in [0, 0.1) is 13.8 Å². The van der Waals surface area contributed by atoms with Gasteiger partial charge in [0.2, 0.25) is 0 Å². The van der Waals surface area contributed by atoms with E-state index in [9.17, 15) is 4.79 Å². The highest BCUT2D eigenvalue weighted by atomic mass is 35.5. The lowest BCUT2D eigenvalue weighted by Crippen LogP contribution is -2.48. The number of amides is 1. The van der Waals surface area contributed by atoms with Crippen molar-refractivity contribution in [2.45, 2.75) is 26.9 Å². The van der Waals surface area contributed by atoms with Gasteiger partial charge in [0.05, 0.1) is 0 Å². The van der Waals surface area contributed by atoms with E-state index in [1.165, 1.54) is 33.3 Å². The molecular formula is C29H30ClN3O. The van der Waals surface area contributed by atoms with E-state index in [1.54, 1.807) is 0 Å². The Labute approximate surface area is 206 Å². The number of halogens is 1. The molecule has 3 aromatic carbocycles. The molecule has 1 aromatic heterocycles. The van der Waals surface area contributed by atoms with Gasteiger partial charge in [-0.15, -0.1) is 0 Å². The normalized spacial score (nSPS) is 14.6. The van der Waals surface area contributed by atoms with E-state index in [4.69, 9.17) is 11.6 Å². The number of piperazine rings is 1. The number of nitrogens with zero attached hydrogens (tertiary/aromatic N) is 3. The van der Waals surface area contributed by atoms with Crippen molar-refractivity contribution in [2.75, 3.05) is 26.2 Å². The number of hydrogen-bond donors (Lipinski definition) is 0. The van der Waals surface area contributed by atoms with Crippen molar-refractivity contribution in [3.05, 3.63) is 106 Å². The number of hydrogen-bond acceptors (Lipinski definition) is 2. The molecule has 0 bridgehead atoms. The number of fused-ring (bicyclic) bond motifs is 1. The summed E-state index contributed by atoms with van der Waals surface area (Å²) in [5.74, 6) is 0.122. The maximum atomic E-state index is 13.3. The lowest BCUT2D eigenvalue weighted by atomic mass is 10.1. The molecule has 1 amide bonds. The van der Waals surface area contributed by atoms with E-state index in [-0.39, 0.29) is 5.91 Å². The summed E-state index contributed by atoms with van der Waals surface area (Å²) in [4.78, 5) is 17.7. The third kappa shape index (κ3) is 4.61. The summed E-state index contributed by atoms with van der Waals surface area (Å²) in [7, 11) is 0. The zero-order valence-electron chi connectivity index (χ0n) is 19.8. The molecule has 174 valence electrons. The third-order valence-electron chi connectivity index (χ3n) is 7.02. The van der Waals surface area contributed by atoms with Gasteiger partial charge in [-0.05, 0) is 60.9 Å². The van der Waals surface area contributed by atoms with E-state index < -0.39 is 0 Å². The molecule has 2 heterocycles. The molecule has 1 aliphatic heterocycles. The van der Waals surface area contributed by atoms with Gasteiger partial charge in [-0.3, -0.25) is 9.69 Å². The van der Waals surface area contributed by atoms with Crippen molar-refractivity contribution in [1.29, 1.82) is 0 Å². The van der Waals surface area contributed by atoms with Crippen LogP contribution in [-0.2, 0) is 13.1 Å². The monoisotopic (exact) mass is 471 g/mol. The van der Waals surface area contributed by atoms with Gasteiger partial charge in [0, 0.05) is 66.5 Å². The second kappa shape index (κ2) is 9.65. The molecule has 0 N–H and O–H groups in total. The summed E-state index contributed by atoms with van der Waals surface area (Å²) in [5.41, 5.74) is 6.93. The Hall–Kier alpha value is -3.08. The van der Waals surface area contributed by atoms with Crippen molar-refractivity contribution < 1.29 is 4.79 Å². The Morgan fingerprint density at radius 2 is 1.56 bits per heavy atom. The minimum Gasteiger partial charge on any atom is -0.340 e. The molecule has 1 aliphatic rings. The minimum absolute atomic E-state index is 0.122. The predicted molar refractivity (Wildman–Crippen MR) is 140 cm³/mol. The largest absolute Gasteiger partial charge is 0.340 e. The van der Waals surface area contributed by atoms with Crippen LogP contribution in [0.2, 0.25) is 5.02 Å². The summed E-state index contributed by atoms with van der Waals surface area (Å²) >= 11 is 6.13. The Kier molecular flexibility index (Phi) is 6.44. The Balaban J connectivity index is 1.30. The van der Waals surface area contributed by atoms with Crippen molar-refractivity contribution in [3.8, 4) is 0 Å². The number of carbonyl (C=O) groups excluding carboxylic acids is 1. The molecule has 4 aromatic rings. The number of aryl methyl sites for hydroxylation is 1. The molecule has 0 radical (unpaired) electrons. The molecule has 5 heteroatoms. The smallest absolute Gasteiger partial charge is 0.253 e.